The highest BCUT2D eigenvalue weighted by Gasteiger charge is 2.48. The molecule has 0 spiro atoms. The number of nitrogens with zero attached hydrogens (tertiary/aromatic N) is 1. The van der Waals surface area contributed by atoms with E-state index < -0.39 is 0 Å². The first-order valence-corrected chi connectivity index (χ1v) is 7.37. The summed E-state index contributed by atoms with van der Waals surface area (Å²) in [5, 5.41) is 0. The van der Waals surface area contributed by atoms with Crippen LogP contribution < -0.4 is 0 Å². The SMILES string of the molecule is CN1C2CCC1C1CO[C@H](c3ccccc3)OC1C2. The Labute approximate surface area is 114 Å². The van der Waals surface area contributed by atoms with Crippen LogP contribution in [-0.2, 0) is 9.47 Å². The Morgan fingerprint density at radius 2 is 2.00 bits per heavy atom. The molecule has 5 atom stereocenters. The van der Waals surface area contributed by atoms with Gasteiger partial charge in [-0.2, -0.15) is 0 Å². The number of fused-ring (bicyclic) bond motifs is 4. The van der Waals surface area contributed by atoms with Crippen LogP contribution in [0.1, 0.15) is 31.1 Å². The summed E-state index contributed by atoms with van der Waals surface area (Å²) in [6.07, 6.45) is 4.03. The summed E-state index contributed by atoms with van der Waals surface area (Å²) in [6.45, 7) is 0.839. The summed E-state index contributed by atoms with van der Waals surface area (Å²) in [6, 6.07) is 11.7. The summed E-state index contributed by atoms with van der Waals surface area (Å²) in [4.78, 5) is 2.55. The van der Waals surface area contributed by atoms with Gasteiger partial charge in [0.25, 0.3) is 0 Å². The molecule has 3 heteroatoms. The van der Waals surface area contributed by atoms with E-state index in [1.165, 1.54) is 19.3 Å². The van der Waals surface area contributed by atoms with Gasteiger partial charge in [-0.3, -0.25) is 4.90 Å². The fourth-order valence-electron chi connectivity index (χ4n) is 4.09. The van der Waals surface area contributed by atoms with Crippen molar-refractivity contribution in [1.29, 1.82) is 0 Å². The molecule has 3 aliphatic heterocycles. The van der Waals surface area contributed by atoms with Crippen LogP contribution in [0.2, 0.25) is 0 Å². The monoisotopic (exact) mass is 259 g/mol. The first-order valence-electron chi connectivity index (χ1n) is 7.37. The smallest absolute Gasteiger partial charge is 0.184 e. The molecule has 3 saturated heterocycles. The molecule has 1 aromatic carbocycles. The van der Waals surface area contributed by atoms with Crippen LogP contribution in [0.25, 0.3) is 0 Å². The maximum absolute atomic E-state index is 6.26. The molecular formula is C16H21NO2. The van der Waals surface area contributed by atoms with Crippen molar-refractivity contribution in [3.8, 4) is 0 Å². The predicted molar refractivity (Wildman–Crippen MR) is 72.7 cm³/mol. The van der Waals surface area contributed by atoms with Crippen molar-refractivity contribution in [1.82, 2.24) is 4.90 Å². The third-order valence-corrected chi connectivity index (χ3v) is 5.18. The molecule has 4 rings (SSSR count). The van der Waals surface area contributed by atoms with Gasteiger partial charge < -0.3 is 9.47 Å². The van der Waals surface area contributed by atoms with Crippen LogP contribution >= 0.6 is 0 Å². The highest BCUT2D eigenvalue weighted by Crippen LogP contribution is 2.44. The second-order valence-electron chi connectivity index (χ2n) is 6.11. The molecule has 0 radical (unpaired) electrons. The number of benzene rings is 1. The van der Waals surface area contributed by atoms with E-state index in [0.717, 1.165) is 18.2 Å². The first kappa shape index (κ1) is 11.9. The van der Waals surface area contributed by atoms with Crippen LogP contribution in [0.5, 0.6) is 0 Å². The van der Waals surface area contributed by atoms with E-state index >= 15 is 0 Å². The molecule has 0 saturated carbocycles. The molecule has 0 N–H and O–H groups in total. The molecule has 1 aromatic rings. The normalized spacial score (nSPS) is 42.1. The Balaban J connectivity index is 1.53. The molecule has 0 aromatic heterocycles. The zero-order chi connectivity index (χ0) is 12.8. The van der Waals surface area contributed by atoms with Gasteiger partial charge in [0, 0.05) is 23.6 Å². The minimum Gasteiger partial charge on any atom is -0.348 e. The van der Waals surface area contributed by atoms with E-state index in [0.29, 0.717) is 18.1 Å². The largest absolute Gasteiger partial charge is 0.348 e. The molecule has 0 aliphatic carbocycles. The van der Waals surface area contributed by atoms with E-state index in [9.17, 15) is 0 Å². The lowest BCUT2D eigenvalue weighted by molar-refractivity contribution is -0.260. The van der Waals surface area contributed by atoms with Crippen molar-refractivity contribution < 1.29 is 9.47 Å². The number of hydrogen-bond acceptors (Lipinski definition) is 3. The molecule has 19 heavy (non-hydrogen) atoms. The van der Waals surface area contributed by atoms with E-state index in [1.807, 2.05) is 18.2 Å². The standard InChI is InChI=1S/C16H21NO2/c1-17-12-7-8-14(17)13-10-18-16(19-15(13)9-12)11-5-3-2-4-6-11/h2-6,12-16H,7-10H2,1H3/t12?,13?,14?,15?,16-/m0/s1. The van der Waals surface area contributed by atoms with Crippen LogP contribution in [-0.4, -0.2) is 36.7 Å². The quantitative estimate of drug-likeness (QED) is 0.773. The first-order chi connectivity index (χ1) is 9.33. The molecule has 3 aliphatic rings. The van der Waals surface area contributed by atoms with E-state index in [-0.39, 0.29) is 6.29 Å². The summed E-state index contributed by atoms with van der Waals surface area (Å²) in [5.41, 5.74) is 1.15. The van der Waals surface area contributed by atoms with Crippen molar-refractivity contribution in [3.63, 3.8) is 0 Å². The van der Waals surface area contributed by atoms with Crippen LogP contribution in [0.4, 0.5) is 0 Å². The number of piperidine rings is 1. The molecule has 0 amide bonds. The highest BCUT2D eigenvalue weighted by atomic mass is 16.7. The zero-order valence-electron chi connectivity index (χ0n) is 11.4. The Hall–Kier alpha value is -0.900. The Morgan fingerprint density at radius 3 is 2.84 bits per heavy atom. The Kier molecular flexibility index (Phi) is 2.87. The van der Waals surface area contributed by atoms with Crippen molar-refractivity contribution >= 4 is 0 Å². The van der Waals surface area contributed by atoms with E-state index in [2.05, 4.69) is 24.1 Å². The van der Waals surface area contributed by atoms with Crippen molar-refractivity contribution in [2.24, 2.45) is 5.92 Å². The predicted octanol–water partition coefficient (Wildman–Crippen LogP) is 2.58. The fraction of sp³-hybridized carbons (Fsp3) is 0.625. The minimum atomic E-state index is -0.162. The molecule has 3 nitrogen and oxygen atoms in total. The summed E-state index contributed by atoms with van der Waals surface area (Å²) >= 11 is 0. The van der Waals surface area contributed by atoms with Gasteiger partial charge in [-0.15, -0.1) is 0 Å². The second-order valence-corrected chi connectivity index (χ2v) is 6.11. The summed E-state index contributed by atoms with van der Waals surface area (Å²) < 4.78 is 12.2. The number of ether oxygens (including phenoxy) is 2. The third kappa shape index (κ3) is 1.92. The van der Waals surface area contributed by atoms with Crippen molar-refractivity contribution in [2.45, 2.75) is 43.7 Å². The lowest BCUT2D eigenvalue weighted by atomic mass is 9.87. The molecular weight excluding hydrogens is 238 g/mol. The van der Waals surface area contributed by atoms with Gasteiger partial charge in [0.1, 0.15) is 0 Å². The number of rotatable bonds is 1. The van der Waals surface area contributed by atoms with Gasteiger partial charge >= 0.3 is 0 Å². The Morgan fingerprint density at radius 1 is 1.16 bits per heavy atom. The van der Waals surface area contributed by atoms with Crippen molar-refractivity contribution in [2.75, 3.05) is 13.7 Å². The van der Waals surface area contributed by atoms with E-state index in [4.69, 9.17) is 9.47 Å². The van der Waals surface area contributed by atoms with Gasteiger partial charge in [0.15, 0.2) is 6.29 Å². The molecule has 4 unspecified atom stereocenters. The maximum Gasteiger partial charge on any atom is 0.184 e. The Bertz CT molecular complexity index is 449. The van der Waals surface area contributed by atoms with Crippen molar-refractivity contribution in [3.05, 3.63) is 35.9 Å². The molecule has 102 valence electrons. The van der Waals surface area contributed by atoms with Gasteiger partial charge in [0.05, 0.1) is 12.7 Å². The third-order valence-electron chi connectivity index (χ3n) is 5.18. The van der Waals surface area contributed by atoms with Gasteiger partial charge in [-0.1, -0.05) is 30.3 Å². The summed E-state index contributed by atoms with van der Waals surface area (Å²) in [7, 11) is 2.27. The zero-order valence-corrected chi connectivity index (χ0v) is 11.4. The average Bonchev–Trinajstić information content (AvgIpc) is 2.72. The van der Waals surface area contributed by atoms with Crippen LogP contribution in [0.3, 0.4) is 0 Å². The molecule has 3 heterocycles. The van der Waals surface area contributed by atoms with E-state index in [1.54, 1.807) is 0 Å². The fourth-order valence-corrected chi connectivity index (χ4v) is 4.09. The lowest BCUT2D eigenvalue weighted by Gasteiger charge is -2.46. The average molecular weight is 259 g/mol. The topological polar surface area (TPSA) is 21.7 Å². The minimum absolute atomic E-state index is 0.162. The molecule has 3 fully saturated rings. The van der Waals surface area contributed by atoms with Gasteiger partial charge in [0.2, 0.25) is 0 Å². The van der Waals surface area contributed by atoms with Gasteiger partial charge in [-0.25, -0.2) is 0 Å². The highest BCUT2D eigenvalue weighted by molar-refractivity contribution is 5.16. The number of hydrogen-bond donors (Lipinski definition) is 0. The van der Waals surface area contributed by atoms with Gasteiger partial charge in [-0.05, 0) is 26.3 Å². The lowest BCUT2D eigenvalue weighted by Crippen LogP contribution is -2.54. The second kappa shape index (κ2) is 4.58. The van der Waals surface area contributed by atoms with Crippen LogP contribution in [0.15, 0.2) is 30.3 Å². The van der Waals surface area contributed by atoms with Crippen LogP contribution in [0, 0.1) is 5.92 Å². The summed E-state index contributed by atoms with van der Waals surface area (Å²) in [5.74, 6) is 0.559. The maximum atomic E-state index is 6.26. The molecule has 2 bridgehead atoms.